The first kappa shape index (κ1) is 20.6. The monoisotopic (exact) mass is 448 g/mol. The topological polar surface area (TPSA) is 91.2 Å². The number of anilines is 1. The minimum absolute atomic E-state index is 0.173. The van der Waals surface area contributed by atoms with Gasteiger partial charge in [0.2, 0.25) is 17.6 Å². The van der Waals surface area contributed by atoms with E-state index in [4.69, 9.17) is 4.52 Å². The van der Waals surface area contributed by atoms with E-state index in [1.165, 1.54) is 0 Å². The number of piperazine rings is 1. The Morgan fingerprint density at radius 1 is 1.16 bits per heavy atom. The zero-order chi connectivity index (χ0) is 21.9. The van der Waals surface area contributed by atoms with Gasteiger partial charge >= 0.3 is 0 Å². The first-order valence-electron chi connectivity index (χ1n) is 10.7. The fraction of sp³-hybridized carbons (Fsp3) is 0.304. The summed E-state index contributed by atoms with van der Waals surface area (Å²) in [5, 5.41) is 5.16. The molecule has 1 N–H and O–H groups in total. The van der Waals surface area contributed by atoms with E-state index >= 15 is 0 Å². The summed E-state index contributed by atoms with van der Waals surface area (Å²) in [5.74, 6) is 2.69. The Labute approximate surface area is 190 Å². The summed E-state index contributed by atoms with van der Waals surface area (Å²) < 4.78 is 5.17. The third-order valence-electron chi connectivity index (χ3n) is 5.64. The Morgan fingerprint density at radius 3 is 2.75 bits per heavy atom. The SMILES string of the molecule is CCc1nc(-c2ccc(N3CCN(C(=O)CSc4c[nH]c5ccccc45)CC3)nc2)no1. The van der Waals surface area contributed by atoms with Crippen LogP contribution in [-0.4, -0.2) is 62.8 Å². The average molecular weight is 449 g/mol. The minimum Gasteiger partial charge on any atom is -0.360 e. The normalized spacial score (nSPS) is 14.3. The molecule has 4 heterocycles. The quantitative estimate of drug-likeness (QED) is 0.451. The van der Waals surface area contributed by atoms with Gasteiger partial charge in [0, 0.05) is 66.4 Å². The number of hydrogen-bond acceptors (Lipinski definition) is 7. The summed E-state index contributed by atoms with van der Waals surface area (Å²) in [6.45, 7) is 4.89. The smallest absolute Gasteiger partial charge is 0.233 e. The molecule has 0 atom stereocenters. The summed E-state index contributed by atoms with van der Waals surface area (Å²) in [7, 11) is 0. The van der Waals surface area contributed by atoms with Gasteiger partial charge in [-0.3, -0.25) is 4.79 Å². The average Bonchev–Trinajstić information content (AvgIpc) is 3.50. The van der Waals surface area contributed by atoms with Gasteiger partial charge < -0.3 is 19.3 Å². The van der Waals surface area contributed by atoms with Crippen molar-refractivity contribution in [2.75, 3.05) is 36.8 Å². The zero-order valence-corrected chi connectivity index (χ0v) is 18.6. The van der Waals surface area contributed by atoms with Crippen LogP contribution < -0.4 is 4.90 Å². The van der Waals surface area contributed by atoms with Crippen LogP contribution in [0.1, 0.15) is 12.8 Å². The third-order valence-corrected chi connectivity index (χ3v) is 6.68. The predicted octanol–water partition coefficient (Wildman–Crippen LogP) is 3.62. The van der Waals surface area contributed by atoms with E-state index in [1.807, 2.05) is 48.4 Å². The Kier molecular flexibility index (Phi) is 5.81. The van der Waals surface area contributed by atoms with Crippen molar-refractivity contribution in [2.45, 2.75) is 18.2 Å². The van der Waals surface area contributed by atoms with Crippen molar-refractivity contribution in [3.63, 3.8) is 0 Å². The molecule has 1 aliphatic rings. The van der Waals surface area contributed by atoms with Gasteiger partial charge in [0.05, 0.1) is 5.75 Å². The van der Waals surface area contributed by atoms with E-state index in [1.54, 1.807) is 18.0 Å². The molecule has 4 aromatic rings. The first-order chi connectivity index (χ1) is 15.7. The van der Waals surface area contributed by atoms with E-state index in [2.05, 4.69) is 31.1 Å². The largest absolute Gasteiger partial charge is 0.360 e. The number of carbonyl (C=O) groups excluding carboxylic acids is 1. The van der Waals surface area contributed by atoms with Crippen LogP contribution in [0, 0.1) is 0 Å². The molecule has 0 saturated carbocycles. The summed E-state index contributed by atoms with van der Waals surface area (Å²) in [4.78, 5) is 30.2. The van der Waals surface area contributed by atoms with Crippen molar-refractivity contribution in [1.29, 1.82) is 0 Å². The number of aryl methyl sites for hydroxylation is 1. The predicted molar refractivity (Wildman–Crippen MR) is 125 cm³/mol. The molecule has 1 fully saturated rings. The molecule has 1 aliphatic heterocycles. The number of thioether (sulfide) groups is 1. The molecule has 32 heavy (non-hydrogen) atoms. The molecule has 5 rings (SSSR count). The van der Waals surface area contributed by atoms with E-state index in [0.29, 0.717) is 37.0 Å². The highest BCUT2D eigenvalue weighted by molar-refractivity contribution is 8.00. The first-order valence-corrected chi connectivity index (χ1v) is 11.7. The lowest BCUT2D eigenvalue weighted by Crippen LogP contribution is -2.49. The van der Waals surface area contributed by atoms with Crippen molar-refractivity contribution in [1.82, 2.24) is 25.0 Å². The van der Waals surface area contributed by atoms with Crippen LogP contribution in [0.5, 0.6) is 0 Å². The number of nitrogens with zero attached hydrogens (tertiary/aromatic N) is 5. The van der Waals surface area contributed by atoms with Gasteiger partial charge in [-0.1, -0.05) is 30.3 Å². The fourth-order valence-electron chi connectivity index (χ4n) is 3.80. The maximum atomic E-state index is 12.7. The summed E-state index contributed by atoms with van der Waals surface area (Å²) in [6, 6.07) is 12.1. The summed E-state index contributed by atoms with van der Waals surface area (Å²) in [5.41, 5.74) is 1.93. The summed E-state index contributed by atoms with van der Waals surface area (Å²) in [6.07, 6.45) is 4.46. The molecule has 0 radical (unpaired) electrons. The standard InChI is InChI=1S/C23H24N6O2S/c1-2-21-26-23(27-31-21)16-7-8-20(25-13-16)28-9-11-29(12-10-28)22(30)15-32-19-14-24-18-6-4-3-5-17(18)19/h3-8,13-14,24H,2,9-12,15H2,1H3. The number of rotatable bonds is 6. The molecule has 0 bridgehead atoms. The van der Waals surface area contributed by atoms with E-state index in [-0.39, 0.29) is 5.91 Å². The number of fused-ring (bicyclic) bond motifs is 1. The van der Waals surface area contributed by atoms with Gasteiger partial charge in [-0.15, -0.1) is 11.8 Å². The second kappa shape index (κ2) is 9.04. The molecular weight excluding hydrogens is 424 g/mol. The highest BCUT2D eigenvalue weighted by Crippen LogP contribution is 2.28. The second-order valence-electron chi connectivity index (χ2n) is 7.63. The Morgan fingerprint density at radius 2 is 2.00 bits per heavy atom. The molecule has 0 aliphatic carbocycles. The number of aromatic nitrogens is 4. The van der Waals surface area contributed by atoms with Gasteiger partial charge in [-0.05, 0) is 18.2 Å². The molecule has 9 heteroatoms. The molecule has 0 spiro atoms. The van der Waals surface area contributed by atoms with Crippen LogP contribution in [0.3, 0.4) is 0 Å². The molecule has 0 unspecified atom stereocenters. The van der Waals surface area contributed by atoms with Gasteiger partial charge in [-0.2, -0.15) is 4.98 Å². The van der Waals surface area contributed by atoms with Gasteiger partial charge in [0.15, 0.2) is 0 Å². The van der Waals surface area contributed by atoms with Gasteiger partial charge in [0.25, 0.3) is 0 Å². The number of nitrogens with one attached hydrogen (secondary N) is 1. The lowest BCUT2D eigenvalue weighted by molar-refractivity contribution is -0.128. The van der Waals surface area contributed by atoms with Crippen LogP contribution >= 0.6 is 11.8 Å². The number of aromatic amines is 1. The molecular formula is C23H24N6O2S. The molecule has 1 saturated heterocycles. The fourth-order valence-corrected chi connectivity index (χ4v) is 4.74. The van der Waals surface area contributed by atoms with Gasteiger partial charge in [-0.25, -0.2) is 4.98 Å². The number of carbonyl (C=O) groups is 1. The van der Waals surface area contributed by atoms with Crippen molar-refractivity contribution in [2.24, 2.45) is 0 Å². The van der Waals surface area contributed by atoms with E-state index in [9.17, 15) is 4.79 Å². The van der Waals surface area contributed by atoms with Crippen molar-refractivity contribution >= 4 is 34.4 Å². The Bertz CT molecular complexity index is 1210. The number of hydrogen-bond donors (Lipinski definition) is 1. The molecule has 8 nitrogen and oxygen atoms in total. The Hall–Kier alpha value is -3.33. The molecule has 164 valence electrons. The Balaban J connectivity index is 1.14. The molecule has 1 aromatic carbocycles. The minimum atomic E-state index is 0.173. The van der Waals surface area contributed by atoms with Crippen molar-refractivity contribution in [3.05, 3.63) is 54.7 Å². The highest BCUT2D eigenvalue weighted by atomic mass is 32.2. The summed E-state index contributed by atoms with van der Waals surface area (Å²) >= 11 is 1.59. The van der Waals surface area contributed by atoms with Crippen LogP contribution in [0.4, 0.5) is 5.82 Å². The van der Waals surface area contributed by atoms with Crippen LogP contribution in [0.25, 0.3) is 22.3 Å². The lowest BCUT2D eigenvalue weighted by atomic mass is 10.2. The maximum absolute atomic E-state index is 12.7. The molecule has 3 aromatic heterocycles. The number of para-hydroxylation sites is 1. The van der Waals surface area contributed by atoms with Crippen LogP contribution in [0.15, 0.2) is 58.2 Å². The van der Waals surface area contributed by atoms with Crippen LogP contribution in [0.2, 0.25) is 0 Å². The number of benzene rings is 1. The highest BCUT2D eigenvalue weighted by Gasteiger charge is 2.22. The third kappa shape index (κ3) is 4.20. The number of amides is 1. The van der Waals surface area contributed by atoms with Crippen LogP contribution in [-0.2, 0) is 11.2 Å². The number of H-pyrrole nitrogens is 1. The van der Waals surface area contributed by atoms with E-state index in [0.717, 1.165) is 40.3 Å². The van der Waals surface area contributed by atoms with E-state index < -0.39 is 0 Å². The molecule has 1 amide bonds. The lowest BCUT2D eigenvalue weighted by Gasteiger charge is -2.35. The second-order valence-corrected chi connectivity index (χ2v) is 8.64. The van der Waals surface area contributed by atoms with Gasteiger partial charge in [0.1, 0.15) is 5.82 Å². The van der Waals surface area contributed by atoms with Crippen molar-refractivity contribution in [3.8, 4) is 11.4 Å². The number of pyridine rings is 1. The zero-order valence-electron chi connectivity index (χ0n) is 17.8. The van der Waals surface area contributed by atoms with Crippen molar-refractivity contribution < 1.29 is 9.32 Å². The maximum Gasteiger partial charge on any atom is 0.233 e.